The van der Waals surface area contributed by atoms with Crippen LogP contribution in [-0.4, -0.2) is 11.7 Å². The largest absolute Gasteiger partial charge is 0.423 e. The fourth-order valence-corrected chi connectivity index (χ4v) is 3.61. The van der Waals surface area contributed by atoms with Gasteiger partial charge in [-0.25, -0.2) is 4.79 Å². The summed E-state index contributed by atoms with van der Waals surface area (Å²) in [5, 5.41) is 3.27. The Balaban J connectivity index is 1.76. The van der Waals surface area contributed by atoms with E-state index in [0.717, 1.165) is 10.5 Å². The van der Waals surface area contributed by atoms with Gasteiger partial charge in [-0.1, -0.05) is 76.6 Å². The van der Waals surface area contributed by atoms with Crippen LogP contribution in [0.25, 0.3) is 11.0 Å². The topological polar surface area (TPSA) is 76.4 Å². The standard InChI is InChI=1S/C24H16BrNO4/c25-17-11-12-20-18(13-17)19(14-21(27)30-20)24(29)26-22(15-7-3-1-4-8-15)23(28)16-9-5-2-6-10-16/h1-14,22H,(H,26,29). The third-order valence-corrected chi connectivity index (χ3v) is 5.17. The summed E-state index contributed by atoms with van der Waals surface area (Å²) >= 11 is 3.37. The molecule has 0 aliphatic rings. The highest BCUT2D eigenvalue weighted by molar-refractivity contribution is 9.10. The molecule has 4 rings (SSSR count). The summed E-state index contributed by atoms with van der Waals surface area (Å²) in [7, 11) is 0. The van der Waals surface area contributed by atoms with E-state index in [4.69, 9.17) is 4.42 Å². The van der Waals surface area contributed by atoms with Crippen LogP contribution >= 0.6 is 15.9 Å². The van der Waals surface area contributed by atoms with Crippen LogP contribution in [0.15, 0.2) is 98.6 Å². The molecule has 0 aliphatic carbocycles. The Hall–Kier alpha value is -3.51. The minimum Gasteiger partial charge on any atom is -0.423 e. The lowest BCUT2D eigenvalue weighted by Gasteiger charge is -2.19. The average Bonchev–Trinajstić information content (AvgIpc) is 2.78. The van der Waals surface area contributed by atoms with E-state index in [0.29, 0.717) is 22.1 Å². The van der Waals surface area contributed by atoms with Gasteiger partial charge in [-0.05, 0) is 23.8 Å². The van der Waals surface area contributed by atoms with Crippen molar-refractivity contribution in [3.05, 3.63) is 117 Å². The van der Waals surface area contributed by atoms with E-state index < -0.39 is 17.6 Å². The van der Waals surface area contributed by atoms with Crippen LogP contribution in [0.5, 0.6) is 0 Å². The van der Waals surface area contributed by atoms with E-state index in [2.05, 4.69) is 21.2 Å². The molecule has 1 aromatic heterocycles. The van der Waals surface area contributed by atoms with Crippen LogP contribution in [0.4, 0.5) is 0 Å². The number of fused-ring (bicyclic) bond motifs is 1. The Morgan fingerprint density at radius 3 is 2.23 bits per heavy atom. The molecule has 1 amide bonds. The van der Waals surface area contributed by atoms with Crippen molar-refractivity contribution in [1.82, 2.24) is 5.32 Å². The molecule has 1 unspecified atom stereocenters. The third kappa shape index (κ3) is 4.09. The average molecular weight is 462 g/mol. The number of carbonyl (C=O) groups excluding carboxylic acids is 2. The van der Waals surface area contributed by atoms with Gasteiger partial charge < -0.3 is 9.73 Å². The molecule has 6 heteroatoms. The molecular weight excluding hydrogens is 446 g/mol. The Labute approximate surface area is 180 Å². The van der Waals surface area contributed by atoms with E-state index >= 15 is 0 Å². The van der Waals surface area contributed by atoms with E-state index in [1.54, 1.807) is 66.7 Å². The van der Waals surface area contributed by atoms with Gasteiger partial charge in [0.25, 0.3) is 5.91 Å². The SMILES string of the molecule is O=C(NC(C(=O)c1ccccc1)c1ccccc1)c1cc(=O)oc2ccc(Br)cc12. The highest BCUT2D eigenvalue weighted by atomic mass is 79.9. The van der Waals surface area contributed by atoms with Gasteiger partial charge in [-0.2, -0.15) is 0 Å². The molecule has 0 saturated carbocycles. The molecule has 4 aromatic rings. The second-order valence-electron chi connectivity index (χ2n) is 6.67. The van der Waals surface area contributed by atoms with Gasteiger partial charge >= 0.3 is 5.63 Å². The lowest BCUT2D eigenvalue weighted by atomic mass is 9.97. The summed E-state index contributed by atoms with van der Waals surface area (Å²) in [5.74, 6) is -0.785. The van der Waals surface area contributed by atoms with Crippen LogP contribution < -0.4 is 10.9 Å². The molecule has 0 radical (unpaired) electrons. The maximum absolute atomic E-state index is 13.2. The first-order valence-corrected chi connectivity index (χ1v) is 10.0. The van der Waals surface area contributed by atoms with Gasteiger partial charge in [0.15, 0.2) is 5.78 Å². The van der Waals surface area contributed by atoms with Crippen LogP contribution in [0, 0.1) is 0 Å². The number of amides is 1. The van der Waals surface area contributed by atoms with Crippen molar-refractivity contribution in [1.29, 1.82) is 0 Å². The molecule has 3 aromatic carbocycles. The highest BCUT2D eigenvalue weighted by Crippen LogP contribution is 2.24. The number of hydrogen-bond acceptors (Lipinski definition) is 4. The maximum atomic E-state index is 13.2. The molecular formula is C24H16BrNO4. The Bertz CT molecular complexity index is 1280. The van der Waals surface area contributed by atoms with Gasteiger partial charge in [0, 0.05) is 21.5 Å². The van der Waals surface area contributed by atoms with Crippen molar-refractivity contribution in [2.75, 3.05) is 0 Å². The molecule has 0 spiro atoms. The van der Waals surface area contributed by atoms with Crippen molar-refractivity contribution in [3.63, 3.8) is 0 Å². The molecule has 148 valence electrons. The van der Waals surface area contributed by atoms with Gasteiger partial charge in [0.1, 0.15) is 11.6 Å². The zero-order valence-electron chi connectivity index (χ0n) is 15.7. The molecule has 1 atom stereocenters. The van der Waals surface area contributed by atoms with E-state index in [-0.39, 0.29) is 11.3 Å². The summed E-state index contributed by atoms with van der Waals surface area (Å²) in [4.78, 5) is 38.4. The predicted octanol–water partition coefficient (Wildman–Crippen LogP) is 4.91. The normalized spacial score (nSPS) is 11.8. The van der Waals surface area contributed by atoms with Crippen molar-refractivity contribution in [2.24, 2.45) is 0 Å². The molecule has 30 heavy (non-hydrogen) atoms. The van der Waals surface area contributed by atoms with Crippen molar-refractivity contribution in [3.8, 4) is 0 Å². The zero-order valence-corrected chi connectivity index (χ0v) is 17.3. The minimum absolute atomic E-state index is 0.143. The summed E-state index contributed by atoms with van der Waals surface area (Å²) in [6.07, 6.45) is 0. The van der Waals surface area contributed by atoms with Gasteiger partial charge in [0.05, 0.1) is 5.56 Å². The third-order valence-electron chi connectivity index (χ3n) is 4.68. The monoisotopic (exact) mass is 461 g/mol. The molecule has 5 nitrogen and oxygen atoms in total. The van der Waals surface area contributed by atoms with Crippen molar-refractivity contribution in [2.45, 2.75) is 6.04 Å². The van der Waals surface area contributed by atoms with Crippen molar-refractivity contribution >= 4 is 38.6 Å². The number of rotatable bonds is 5. The van der Waals surface area contributed by atoms with Crippen LogP contribution in [0.2, 0.25) is 0 Å². The maximum Gasteiger partial charge on any atom is 0.337 e. The molecule has 0 bridgehead atoms. The summed E-state index contributed by atoms with van der Waals surface area (Å²) in [5.41, 5.74) is 0.923. The number of Topliss-reactive ketones (excluding diaryl/α,β-unsaturated/α-hetero) is 1. The first-order valence-electron chi connectivity index (χ1n) is 9.21. The highest BCUT2D eigenvalue weighted by Gasteiger charge is 2.25. The summed E-state index contributed by atoms with van der Waals surface area (Å²) < 4.78 is 5.92. The van der Waals surface area contributed by atoms with Crippen molar-refractivity contribution < 1.29 is 14.0 Å². The van der Waals surface area contributed by atoms with Gasteiger partial charge in [-0.3, -0.25) is 9.59 Å². The van der Waals surface area contributed by atoms with E-state index in [1.165, 1.54) is 0 Å². The van der Waals surface area contributed by atoms with Gasteiger partial charge in [0.2, 0.25) is 0 Å². The number of nitrogens with one attached hydrogen (secondary N) is 1. The second kappa shape index (κ2) is 8.47. The number of benzene rings is 3. The number of hydrogen-bond donors (Lipinski definition) is 1. The zero-order chi connectivity index (χ0) is 21.1. The molecule has 1 heterocycles. The summed E-state index contributed by atoms with van der Waals surface area (Å²) in [6, 6.07) is 23.0. The second-order valence-corrected chi connectivity index (χ2v) is 7.58. The van der Waals surface area contributed by atoms with E-state index in [1.807, 2.05) is 12.1 Å². The number of ketones is 1. The summed E-state index contributed by atoms with van der Waals surface area (Å²) in [6.45, 7) is 0. The number of halogens is 1. The Morgan fingerprint density at radius 2 is 1.53 bits per heavy atom. The predicted molar refractivity (Wildman–Crippen MR) is 118 cm³/mol. The Morgan fingerprint density at radius 1 is 0.867 bits per heavy atom. The molecule has 1 N–H and O–H groups in total. The fraction of sp³-hybridized carbons (Fsp3) is 0.0417. The van der Waals surface area contributed by atoms with Crippen LogP contribution in [0.3, 0.4) is 0 Å². The fourth-order valence-electron chi connectivity index (χ4n) is 3.25. The lowest BCUT2D eigenvalue weighted by molar-refractivity contribution is 0.0857. The molecule has 0 aliphatic heterocycles. The van der Waals surface area contributed by atoms with Crippen LogP contribution in [0.1, 0.15) is 32.3 Å². The van der Waals surface area contributed by atoms with Crippen LogP contribution in [-0.2, 0) is 0 Å². The minimum atomic E-state index is -0.907. The Kier molecular flexibility index (Phi) is 5.59. The molecule has 0 saturated heterocycles. The molecule has 0 fully saturated rings. The van der Waals surface area contributed by atoms with Gasteiger partial charge in [-0.15, -0.1) is 0 Å². The lowest BCUT2D eigenvalue weighted by Crippen LogP contribution is -2.34. The first-order chi connectivity index (χ1) is 14.5. The first kappa shape index (κ1) is 19.8. The smallest absolute Gasteiger partial charge is 0.337 e. The quantitative estimate of drug-likeness (QED) is 0.338. The van der Waals surface area contributed by atoms with E-state index in [9.17, 15) is 14.4 Å². The number of carbonyl (C=O) groups is 2.